The SMILES string of the molecule is Cn1cc(C(Nc2cccnc2)c2c[nH]c3ccc(F)cc23)cn1. The maximum Gasteiger partial charge on any atom is 0.123 e. The minimum atomic E-state index is -0.255. The number of nitrogens with zero attached hydrogens (tertiary/aromatic N) is 3. The third-order valence-electron chi connectivity index (χ3n) is 4.02. The summed E-state index contributed by atoms with van der Waals surface area (Å²) in [6, 6.07) is 8.41. The quantitative estimate of drug-likeness (QED) is 0.603. The molecule has 0 spiro atoms. The minimum absolute atomic E-state index is 0.168. The number of H-pyrrole nitrogens is 1. The van der Waals surface area contributed by atoms with Gasteiger partial charge in [-0.05, 0) is 30.3 Å². The third-order valence-corrected chi connectivity index (χ3v) is 4.02. The molecule has 0 aliphatic heterocycles. The van der Waals surface area contributed by atoms with Gasteiger partial charge >= 0.3 is 0 Å². The highest BCUT2D eigenvalue weighted by Gasteiger charge is 2.20. The number of aryl methyl sites for hydroxylation is 1. The van der Waals surface area contributed by atoms with Gasteiger partial charge in [-0.1, -0.05) is 0 Å². The summed E-state index contributed by atoms with van der Waals surface area (Å²) in [5.41, 5.74) is 3.73. The standard InChI is InChI=1S/C18H16FN5/c1-24-11-12(8-22-24)18(23-14-3-2-6-20-9-14)16-10-21-17-5-4-13(19)7-15(16)17/h2-11,18,21,23H,1H3. The van der Waals surface area contributed by atoms with Crippen LogP contribution in [0.15, 0.2) is 61.3 Å². The molecule has 4 rings (SSSR count). The maximum absolute atomic E-state index is 13.7. The van der Waals surface area contributed by atoms with Crippen molar-refractivity contribution >= 4 is 16.6 Å². The number of benzene rings is 1. The highest BCUT2D eigenvalue weighted by atomic mass is 19.1. The molecule has 1 atom stereocenters. The first-order valence-corrected chi connectivity index (χ1v) is 7.62. The van der Waals surface area contributed by atoms with Crippen LogP contribution < -0.4 is 5.32 Å². The molecule has 24 heavy (non-hydrogen) atoms. The van der Waals surface area contributed by atoms with Gasteiger partial charge in [-0.3, -0.25) is 9.67 Å². The number of nitrogens with one attached hydrogen (secondary N) is 2. The number of fused-ring (bicyclic) bond motifs is 1. The summed E-state index contributed by atoms with van der Waals surface area (Å²) in [4.78, 5) is 7.35. The van der Waals surface area contributed by atoms with E-state index in [4.69, 9.17) is 0 Å². The van der Waals surface area contributed by atoms with E-state index in [0.29, 0.717) is 0 Å². The van der Waals surface area contributed by atoms with Crippen molar-refractivity contribution in [3.63, 3.8) is 0 Å². The minimum Gasteiger partial charge on any atom is -0.373 e. The predicted octanol–water partition coefficient (Wildman–Crippen LogP) is 3.64. The predicted molar refractivity (Wildman–Crippen MR) is 91.2 cm³/mol. The molecular formula is C18H16FN5. The zero-order valence-electron chi connectivity index (χ0n) is 13.1. The van der Waals surface area contributed by atoms with Crippen LogP contribution in [0.5, 0.6) is 0 Å². The second-order valence-corrected chi connectivity index (χ2v) is 5.70. The Morgan fingerprint density at radius 2 is 2.17 bits per heavy atom. The Morgan fingerprint density at radius 3 is 2.92 bits per heavy atom. The average molecular weight is 321 g/mol. The maximum atomic E-state index is 13.7. The van der Waals surface area contributed by atoms with E-state index in [9.17, 15) is 4.39 Å². The first-order valence-electron chi connectivity index (χ1n) is 7.62. The number of pyridine rings is 1. The molecule has 4 aromatic rings. The smallest absolute Gasteiger partial charge is 0.123 e. The van der Waals surface area contributed by atoms with Crippen LogP contribution in [-0.4, -0.2) is 19.7 Å². The van der Waals surface area contributed by atoms with Gasteiger partial charge in [0.05, 0.1) is 17.9 Å². The van der Waals surface area contributed by atoms with Gasteiger partial charge in [-0.25, -0.2) is 4.39 Å². The van der Waals surface area contributed by atoms with Crippen molar-refractivity contribution < 1.29 is 4.39 Å². The fraction of sp³-hybridized carbons (Fsp3) is 0.111. The Kier molecular flexibility index (Phi) is 3.49. The molecule has 6 heteroatoms. The lowest BCUT2D eigenvalue weighted by atomic mass is 10.0. The Morgan fingerprint density at radius 1 is 1.25 bits per heavy atom. The monoisotopic (exact) mass is 321 g/mol. The first-order chi connectivity index (χ1) is 11.7. The summed E-state index contributed by atoms with van der Waals surface area (Å²) < 4.78 is 15.5. The van der Waals surface area contributed by atoms with E-state index in [1.165, 1.54) is 6.07 Å². The highest BCUT2D eigenvalue weighted by molar-refractivity contribution is 5.84. The van der Waals surface area contributed by atoms with Crippen molar-refractivity contribution in [2.75, 3.05) is 5.32 Å². The number of aromatic nitrogens is 4. The Bertz CT molecular complexity index is 973. The van der Waals surface area contributed by atoms with E-state index in [1.807, 2.05) is 37.8 Å². The zero-order chi connectivity index (χ0) is 16.5. The van der Waals surface area contributed by atoms with E-state index in [-0.39, 0.29) is 11.9 Å². The summed E-state index contributed by atoms with van der Waals surface area (Å²) in [5.74, 6) is -0.255. The topological polar surface area (TPSA) is 58.5 Å². The summed E-state index contributed by atoms with van der Waals surface area (Å²) in [6.07, 6.45) is 9.16. The second kappa shape index (κ2) is 5.81. The van der Waals surface area contributed by atoms with Gasteiger partial charge in [0.25, 0.3) is 0 Å². The zero-order valence-corrected chi connectivity index (χ0v) is 13.1. The first kappa shape index (κ1) is 14.4. The van der Waals surface area contributed by atoms with E-state index in [0.717, 1.165) is 27.7 Å². The van der Waals surface area contributed by atoms with Crippen molar-refractivity contribution in [1.29, 1.82) is 0 Å². The van der Waals surface area contributed by atoms with Gasteiger partial charge in [0.15, 0.2) is 0 Å². The summed E-state index contributed by atoms with van der Waals surface area (Å²) >= 11 is 0. The number of halogens is 1. The number of aromatic amines is 1. The van der Waals surface area contributed by atoms with Crippen LogP contribution in [0.1, 0.15) is 17.2 Å². The Labute approximate surface area is 138 Å². The van der Waals surface area contributed by atoms with Crippen LogP contribution in [-0.2, 0) is 7.05 Å². The van der Waals surface area contributed by atoms with Crippen LogP contribution in [0.4, 0.5) is 10.1 Å². The fourth-order valence-electron chi connectivity index (χ4n) is 2.90. The molecule has 0 saturated carbocycles. The van der Waals surface area contributed by atoms with Crippen molar-refractivity contribution in [3.05, 3.63) is 78.3 Å². The fourth-order valence-corrected chi connectivity index (χ4v) is 2.90. The molecule has 2 N–H and O–H groups in total. The van der Waals surface area contributed by atoms with Crippen molar-refractivity contribution in [1.82, 2.24) is 19.7 Å². The summed E-state index contributed by atoms with van der Waals surface area (Å²) in [7, 11) is 1.87. The molecule has 1 unspecified atom stereocenters. The number of anilines is 1. The Balaban J connectivity index is 1.83. The lowest BCUT2D eigenvalue weighted by Gasteiger charge is -2.18. The van der Waals surface area contributed by atoms with Gasteiger partial charge in [-0.15, -0.1) is 0 Å². The van der Waals surface area contributed by atoms with Crippen LogP contribution in [0.3, 0.4) is 0 Å². The van der Waals surface area contributed by atoms with Crippen LogP contribution >= 0.6 is 0 Å². The van der Waals surface area contributed by atoms with Gasteiger partial charge < -0.3 is 10.3 Å². The number of hydrogen-bond donors (Lipinski definition) is 2. The molecule has 120 valence electrons. The normalized spacial score (nSPS) is 12.4. The van der Waals surface area contributed by atoms with Gasteiger partial charge in [0, 0.05) is 53.9 Å². The molecule has 0 fully saturated rings. The van der Waals surface area contributed by atoms with Crippen molar-refractivity contribution in [3.8, 4) is 0 Å². The number of hydrogen-bond acceptors (Lipinski definition) is 3. The molecule has 0 aliphatic rings. The largest absolute Gasteiger partial charge is 0.373 e. The molecule has 1 aromatic carbocycles. The number of rotatable bonds is 4. The third kappa shape index (κ3) is 2.62. The van der Waals surface area contributed by atoms with Gasteiger partial charge in [0.2, 0.25) is 0 Å². The van der Waals surface area contributed by atoms with E-state index < -0.39 is 0 Å². The van der Waals surface area contributed by atoms with Gasteiger partial charge in [0.1, 0.15) is 5.82 Å². The van der Waals surface area contributed by atoms with Crippen molar-refractivity contribution in [2.45, 2.75) is 6.04 Å². The Hall–Kier alpha value is -3.15. The lowest BCUT2D eigenvalue weighted by Crippen LogP contribution is -2.11. The van der Waals surface area contributed by atoms with Crippen molar-refractivity contribution in [2.24, 2.45) is 7.05 Å². The highest BCUT2D eigenvalue weighted by Crippen LogP contribution is 2.32. The second-order valence-electron chi connectivity index (χ2n) is 5.70. The lowest BCUT2D eigenvalue weighted by molar-refractivity contribution is 0.629. The summed E-state index contributed by atoms with van der Waals surface area (Å²) in [5, 5.41) is 8.58. The molecule has 0 saturated heterocycles. The van der Waals surface area contributed by atoms with E-state index >= 15 is 0 Å². The van der Waals surface area contributed by atoms with E-state index in [2.05, 4.69) is 20.4 Å². The van der Waals surface area contributed by atoms with Gasteiger partial charge in [-0.2, -0.15) is 5.10 Å². The van der Waals surface area contributed by atoms with Crippen LogP contribution in [0.2, 0.25) is 0 Å². The molecule has 3 heterocycles. The van der Waals surface area contributed by atoms with E-state index in [1.54, 1.807) is 29.2 Å². The molecule has 0 bridgehead atoms. The molecule has 5 nitrogen and oxygen atoms in total. The molecular weight excluding hydrogens is 305 g/mol. The summed E-state index contributed by atoms with van der Waals surface area (Å²) in [6.45, 7) is 0. The molecule has 0 radical (unpaired) electrons. The molecule has 0 aliphatic carbocycles. The average Bonchev–Trinajstić information content (AvgIpc) is 3.20. The molecule has 3 aromatic heterocycles. The molecule has 0 amide bonds. The van der Waals surface area contributed by atoms with Crippen LogP contribution in [0.25, 0.3) is 10.9 Å². The van der Waals surface area contributed by atoms with Crippen LogP contribution in [0, 0.1) is 5.82 Å².